The molecule has 1 fully saturated rings. The standard InChI is InChI=1S/C12H9Br2Cl2N3O3/c1-18-9(20)8(17-10(21)12(14,15)16)19(11(18)22)7-5-3-2-4-6(7)13/h2-5,10,21H,1H3/b17-8+. The van der Waals surface area contributed by atoms with Crippen LogP contribution >= 0.6 is 55.1 Å². The molecule has 1 aromatic carbocycles. The molecular formula is C12H9Br2Cl2N3O3. The molecule has 10 heteroatoms. The molecule has 1 aliphatic heterocycles. The van der Waals surface area contributed by atoms with Gasteiger partial charge in [0.25, 0.3) is 5.91 Å². The summed E-state index contributed by atoms with van der Waals surface area (Å²) in [5.74, 6) is -0.957. The second kappa shape index (κ2) is 6.45. The van der Waals surface area contributed by atoms with E-state index in [1.165, 1.54) is 7.05 Å². The van der Waals surface area contributed by atoms with Gasteiger partial charge in [-0.05, 0) is 44.0 Å². The Balaban J connectivity index is 2.54. The van der Waals surface area contributed by atoms with Gasteiger partial charge in [-0.1, -0.05) is 35.3 Å². The Labute approximate surface area is 152 Å². The monoisotopic (exact) mass is 471 g/mol. The summed E-state index contributed by atoms with van der Waals surface area (Å²) in [5, 5.41) is 9.85. The molecule has 0 saturated carbocycles. The van der Waals surface area contributed by atoms with Crippen LogP contribution < -0.4 is 4.90 Å². The molecule has 0 bridgehead atoms. The minimum atomic E-state index is -1.79. The number of nitrogens with zero attached hydrogens (tertiary/aromatic N) is 3. The molecule has 1 saturated heterocycles. The van der Waals surface area contributed by atoms with Gasteiger partial charge in [-0.25, -0.2) is 14.7 Å². The smallest absolute Gasteiger partial charge is 0.337 e. The van der Waals surface area contributed by atoms with E-state index in [0.29, 0.717) is 10.2 Å². The predicted molar refractivity (Wildman–Crippen MR) is 91.6 cm³/mol. The highest BCUT2D eigenvalue weighted by Crippen LogP contribution is 2.35. The van der Waals surface area contributed by atoms with Crippen molar-refractivity contribution >= 4 is 78.5 Å². The van der Waals surface area contributed by atoms with Gasteiger partial charge in [0.1, 0.15) is 0 Å². The van der Waals surface area contributed by atoms with Gasteiger partial charge in [-0.3, -0.25) is 9.69 Å². The van der Waals surface area contributed by atoms with Crippen LogP contribution in [-0.2, 0) is 4.79 Å². The van der Waals surface area contributed by atoms with Crippen LogP contribution in [0.5, 0.6) is 0 Å². The van der Waals surface area contributed by atoms with Crippen LogP contribution in [0.4, 0.5) is 10.5 Å². The molecular weight excluding hydrogens is 465 g/mol. The number of aliphatic hydroxyl groups is 1. The van der Waals surface area contributed by atoms with E-state index in [2.05, 4.69) is 36.9 Å². The highest BCUT2D eigenvalue weighted by atomic mass is 79.9. The van der Waals surface area contributed by atoms with Crippen LogP contribution in [-0.4, -0.2) is 44.3 Å². The van der Waals surface area contributed by atoms with E-state index >= 15 is 0 Å². The Kier molecular flexibility index (Phi) is 5.18. The van der Waals surface area contributed by atoms with Crippen molar-refractivity contribution in [2.75, 3.05) is 11.9 Å². The quantitative estimate of drug-likeness (QED) is 0.541. The zero-order chi connectivity index (χ0) is 16.7. The van der Waals surface area contributed by atoms with Gasteiger partial charge in [0.2, 0.25) is 9.08 Å². The van der Waals surface area contributed by atoms with E-state index in [1.807, 2.05) is 0 Å². The Morgan fingerprint density at radius 1 is 1.32 bits per heavy atom. The van der Waals surface area contributed by atoms with Gasteiger partial charge in [0.15, 0.2) is 6.23 Å². The SMILES string of the molecule is CN1C(=O)/C(=N\C(O)C(Cl)(Cl)Br)N(c2ccccc2Br)C1=O. The molecule has 1 N–H and O–H groups in total. The maximum atomic E-state index is 12.3. The maximum absolute atomic E-state index is 12.3. The molecule has 0 radical (unpaired) electrons. The van der Waals surface area contributed by atoms with E-state index in [1.54, 1.807) is 24.3 Å². The number of anilines is 1. The molecule has 0 aliphatic carbocycles. The number of likely N-dealkylation sites (N-methyl/N-ethyl adjacent to an activating group) is 1. The number of amidine groups is 1. The number of urea groups is 1. The molecule has 22 heavy (non-hydrogen) atoms. The van der Waals surface area contributed by atoms with Gasteiger partial charge in [-0.2, -0.15) is 0 Å². The lowest BCUT2D eigenvalue weighted by molar-refractivity contribution is -0.119. The van der Waals surface area contributed by atoms with E-state index in [4.69, 9.17) is 23.2 Å². The third-order valence-electron chi connectivity index (χ3n) is 2.82. The van der Waals surface area contributed by atoms with Crippen LogP contribution in [0.1, 0.15) is 0 Å². The topological polar surface area (TPSA) is 73.2 Å². The van der Waals surface area contributed by atoms with Gasteiger partial charge < -0.3 is 5.11 Å². The fourth-order valence-electron chi connectivity index (χ4n) is 1.73. The van der Waals surface area contributed by atoms with Crippen LogP contribution in [0, 0.1) is 0 Å². The van der Waals surface area contributed by atoms with Crippen molar-refractivity contribution in [3.8, 4) is 0 Å². The van der Waals surface area contributed by atoms with Crippen molar-refractivity contribution in [1.82, 2.24) is 4.90 Å². The number of halogens is 4. The molecule has 1 aliphatic rings. The first-order chi connectivity index (χ1) is 10.1. The second-order valence-corrected chi connectivity index (χ2v) is 8.71. The Hall–Kier alpha value is -0.670. The van der Waals surface area contributed by atoms with Crippen molar-refractivity contribution in [2.24, 2.45) is 4.99 Å². The molecule has 3 amide bonds. The Bertz CT molecular complexity index is 663. The minimum Gasteiger partial charge on any atom is -0.368 e. The zero-order valence-electron chi connectivity index (χ0n) is 11.0. The number of rotatable bonds is 3. The number of aliphatic imine (C=N–C) groups is 1. The van der Waals surface area contributed by atoms with E-state index < -0.39 is 21.4 Å². The number of carbonyl (C=O) groups excluding carboxylic acids is 2. The Morgan fingerprint density at radius 3 is 2.45 bits per heavy atom. The molecule has 1 unspecified atom stereocenters. The van der Waals surface area contributed by atoms with Gasteiger partial charge >= 0.3 is 6.03 Å². The predicted octanol–water partition coefficient (Wildman–Crippen LogP) is 3.09. The largest absolute Gasteiger partial charge is 0.368 e. The highest BCUT2D eigenvalue weighted by molar-refractivity contribution is 9.11. The summed E-state index contributed by atoms with van der Waals surface area (Å²) in [7, 11) is 1.31. The summed E-state index contributed by atoms with van der Waals surface area (Å²) in [6, 6.07) is 6.18. The first-order valence-corrected chi connectivity index (χ1v) is 8.18. The van der Waals surface area contributed by atoms with Gasteiger partial charge in [0.05, 0.1) is 5.69 Å². The number of imide groups is 1. The van der Waals surface area contributed by atoms with Crippen LogP contribution in [0.2, 0.25) is 0 Å². The van der Waals surface area contributed by atoms with E-state index in [0.717, 1.165) is 9.80 Å². The van der Waals surface area contributed by atoms with Crippen LogP contribution in [0.25, 0.3) is 0 Å². The van der Waals surface area contributed by atoms with Crippen molar-refractivity contribution in [2.45, 2.75) is 9.47 Å². The number of benzene rings is 1. The number of hydrogen-bond acceptors (Lipinski definition) is 4. The summed E-state index contributed by atoms with van der Waals surface area (Å²) in [6.07, 6.45) is -1.65. The third-order valence-corrected chi connectivity index (χ3v) is 4.29. The number of aliphatic hydroxyl groups excluding tert-OH is 1. The minimum absolute atomic E-state index is 0.281. The molecule has 0 spiro atoms. The van der Waals surface area contributed by atoms with Gasteiger partial charge in [-0.15, -0.1) is 0 Å². The zero-order valence-corrected chi connectivity index (χ0v) is 15.7. The summed E-state index contributed by atoms with van der Waals surface area (Å²) in [4.78, 5) is 30.2. The average Bonchev–Trinajstić information content (AvgIpc) is 2.63. The number of amides is 3. The molecule has 6 nitrogen and oxygen atoms in total. The Morgan fingerprint density at radius 2 is 1.91 bits per heavy atom. The number of para-hydroxylation sites is 1. The van der Waals surface area contributed by atoms with E-state index in [9.17, 15) is 14.7 Å². The molecule has 1 aromatic rings. The van der Waals surface area contributed by atoms with Gasteiger partial charge in [0, 0.05) is 11.5 Å². The molecule has 1 heterocycles. The number of hydrogen-bond donors (Lipinski definition) is 1. The summed E-state index contributed by atoms with van der Waals surface area (Å²) >= 11 is 17.5. The fourth-order valence-corrected chi connectivity index (χ4v) is 2.39. The lowest BCUT2D eigenvalue weighted by Crippen LogP contribution is -2.34. The molecule has 118 valence electrons. The molecule has 1 atom stereocenters. The lowest BCUT2D eigenvalue weighted by Gasteiger charge is -2.19. The summed E-state index contributed by atoms with van der Waals surface area (Å²) in [5.41, 5.74) is 0.403. The van der Waals surface area contributed by atoms with Crippen LogP contribution in [0.3, 0.4) is 0 Å². The highest BCUT2D eigenvalue weighted by Gasteiger charge is 2.43. The van der Waals surface area contributed by atoms with Crippen molar-refractivity contribution in [3.63, 3.8) is 0 Å². The second-order valence-electron chi connectivity index (χ2n) is 4.30. The third kappa shape index (κ3) is 3.30. The molecule has 0 aromatic heterocycles. The fraction of sp³-hybridized carbons (Fsp3) is 0.250. The van der Waals surface area contributed by atoms with Crippen molar-refractivity contribution in [3.05, 3.63) is 28.7 Å². The number of carbonyl (C=O) groups is 2. The first kappa shape index (κ1) is 17.7. The molecule has 2 rings (SSSR count). The van der Waals surface area contributed by atoms with Crippen LogP contribution in [0.15, 0.2) is 33.7 Å². The average molecular weight is 474 g/mol. The van der Waals surface area contributed by atoms with Crippen molar-refractivity contribution < 1.29 is 14.7 Å². The normalized spacial score (nSPS) is 19.3. The maximum Gasteiger partial charge on any atom is 0.337 e. The first-order valence-electron chi connectivity index (χ1n) is 5.84. The lowest BCUT2D eigenvalue weighted by atomic mass is 10.3. The van der Waals surface area contributed by atoms with Crippen molar-refractivity contribution in [1.29, 1.82) is 0 Å². The summed E-state index contributed by atoms with van der Waals surface area (Å²) in [6.45, 7) is 0. The van der Waals surface area contributed by atoms with E-state index in [-0.39, 0.29) is 5.84 Å². The number of alkyl halides is 3. The summed E-state index contributed by atoms with van der Waals surface area (Å²) < 4.78 is -1.21.